The summed E-state index contributed by atoms with van der Waals surface area (Å²) in [5.74, 6) is -0.0852. The highest BCUT2D eigenvalue weighted by molar-refractivity contribution is 5.97. The van der Waals surface area contributed by atoms with Gasteiger partial charge < -0.3 is 14.8 Å². The number of rotatable bonds is 6. The molecule has 2 aromatic rings. The van der Waals surface area contributed by atoms with Crippen molar-refractivity contribution >= 4 is 17.6 Å². The number of benzene rings is 2. The molecule has 2 aromatic carbocycles. The van der Waals surface area contributed by atoms with E-state index in [2.05, 4.69) is 12.2 Å². The van der Waals surface area contributed by atoms with Gasteiger partial charge in [-0.1, -0.05) is 25.1 Å². The number of carbonyl (C=O) groups excluding carboxylic acids is 2. The molecule has 0 saturated carbocycles. The normalized spacial score (nSPS) is 10.1. The molecule has 24 heavy (non-hydrogen) atoms. The van der Waals surface area contributed by atoms with Crippen molar-refractivity contribution in [3.05, 3.63) is 59.2 Å². The lowest BCUT2D eigenvalue weighted by Crippen LogP contribution is -2.21. The Labute approximate surface area is 141 Å². The molecule has 5 nitrogen and oxygen atoms in total. The Morgan fingerprint density at radius 1 is 1.08 bits per heavy atom. The summed E-state index contributed by atoms with van der Waals surface area (Å²) < 4.78 is 10.2. The number of anilines is 1. The van der Waals surface area contributed by atoms with Gasteiger partial charge in [-0.3, -0.25) is 4.79 Å². The fourth-order valence-corrected chi connectivity index (χ4v) is 2.26. The first-order chi connectivity index (χ1) is 11.5. The number of hydrogen-bond acceptors (Lipinski definition) is 4. The molecule has 0 bridgehead atoms. The number of ether oxygens (including phenoxy) is 2. The van der Waals surface area contributed by atoms with Crippen LogP contribution >= 0.6 is 0 Å². The monoisotopic (exact) mass is 327 g/mol. The van der Waals surface area contributed by atoms with Gasteiger partial charge in [0, 0.05) is 5.69 Å². The Kier molecular flexibility index (Phi) is 5.95. The lowest BCUT2D eigenvalue weighted by atomic mass is 10.1. The number of carbonyl (C=O) groups is 2. The predicted molar refractivity (Wildman–Crippen MR) is 92.5 cm³/mol. The first-order valence-electron chi connectivity index (χ1n) is 7.74. The lowest BCUT2D eigenvalue weighted by molar-refractivity contribution is -0.118. The maximum Gasteiger partial charge on any atom is 0.338 e. The molecule has 0 aliphatic carbocycles. The first-order valence-corrected chi connectivity index (χ1v) is 7.74. The lowest BCUT2D eigenvalue weighted by Gasteiger charge is -2.12. The highest BCUT2D eigenvalue weighted by Gasteiger charge is 2.13. The van der Waals surface area contributed by atoms with E-state index in [0.717, 1.165) is 6.42 Å². The van der Waals surface area contributed by atoms with Crippen LogP contribution in [-0.4, -0.2) is 25.6 Å². The summed E-state index contributed by atoms with van der Waals surface area (Å²) in [6, 6.07) is 12.7. The van der Waals surface area contributed by atoms with Gasteiger partial charge in [0.25, 0.3) is 5.91 Å². The average molecular weight is 327 g/mol. The highest BCUT2D eigenvalue weighted by atomic mass is 16.5. The molecule has 1 N–H and O–H groups in total. The largest absolute Gasteiger partial charge is 0.484 e. The minimum Gasteiger partial charge on any atom is -0.484 e. The Balaban J connectivity index is 1.98. The second-order valence-electron chi connectivity index (χ2n) is 5.30. The zero-order chi connectivity index (χ0) is 17.5. The van der Waals surface area contributed by atoms with Crippen molar-refractivity contribution in [3.8, 4) is 5.75 Å². The predicted octanol–water partition coefficient (Wildman–Crippen LogP) is 3.36. The van der Waals surface area contributed by atoms with Gasteiger partial charge in [0.1, 0.15) is 5.75 Å². The third-order valence-electron chi connectivity index (χ3n) is 3.71. The Morgan fingerprint density at radius 3 is 2.42 bits per heavy atom. The summed E-state index contributed by atoms with van der Waals surface area (Å²) in [5, 5.41) is 2.75. The van der Waals surface area contributed by atoms with E-state index in [9.17, 15) is 9.59 Å². The maximum absolute atomic E-state index is 12.1. The Bertz CT molecular complexity index is 723. The molecule has 0 fully saturated rings. The second kappa shape index (κ2) is 8.15. The average Bonchev–Trinajstić information content (AvgIpc) is 2.61. The number of methoxy groups -OCH3 is 1. The van der Waals surface area contributed by atoms with E-state index >= 15 is 0 Å². The number of nitrogens with one attached hydrogen (secondary N) is 1. The smallest absolute Gasteiger partial charge is 0.338 e. The minimum absolute atomic E-state index is 0.104. The highest BCUT2D eigenvalue weighted by Crippen LogP contribution is 2.20. The molecule has 0 atom stereocenters. The summed E-state index contributed by atoms with van der Waals surface area (Å²) in [7, 11) is 1.32. The van der Waals surface area contributed by atoms with Gasteiger partial charge in [-0.2, -0.15) is 0 Å². The van der Waals surface area contributed by atoms with Gasteiger partial charge in [-0.15, -0.1) is 0 Å². The standard InChI is InChI=1S/C19H21NO4/c1-4-14-8-10-15(11-9-14)24-12-18(21)20-17-7-5-6-16(13(17)2)19(22)23-3/h5-11H,4,12H2,1-3H3,(H,20,21). The molecule has 2 rings (SSSR count). The molecule has 1 amide bonds. The summed E-state index contributed by atoms with van der Waals surface area (Å²) in [6.45, 7) is 3.73. The topological polar surface area (TPSA) is 64.6 Å². The van der Waals surface area contributed by atoms with E-state index in [0.29, 0.717) is 22.6 Å². The molecule has 0 heterocycles. The molecule has 0 aliphatic rings. The van der Waals surface area contributed by atoms with Crippen molar-refractivity contribution in [1.82, 2.24) is 0 Å². The van der Waals surface area contributed by atoms with Crippen LogP contribution in [0.5, 0.6) is 5.75 Å². The van der Waals surface area contributed by atoms with Crippen LogP contribution in [-0.2, 0) is 16.0 Å². The molecule has 0 unspecified atom stereocenters. The van der Waals surface area contributed by atoms with Crippen LogP contribution in [0, 0.1) is 6.92 Å². The summed E-state index contributed by atoms with van der Waals surface area (Å²) >= 11 is 0. The van der Waals surface area contributed by atoms with Crippen LogP contribution in [0.4, 0.5) is 5.69 Å². The Morgan fingerprint density at radius 2 is 1.79 bits per heavy atom. The van der Waals surface area contributed by atoms with E-state index in [1.54, 1.807) is 25.1 Å². The van der Waals surface area contributed by atoms with Crippen molar-refractivity contribution < 1.29 is 19.1 Å². The van der Waals surface area contributed by atoms with Crippen molar-refractivity contribution in [2.75, 3.05) is 19.0 Å². The summed E-state index contributed by atoms with van der Waals surface area (Å²) in [5.41, 5.74) is 2.85. The van der Waals surface area contributed by atoms with Gasteiger partial charge in [0.15, 0.2) is 6.61 Å². The van der Waals surface area contributed by atoms with Gasteiger partial charge in [0.2, 0.25) is 0 Å². The molecular formula is C19H21NO4. The molecule has 0 saturated heterocycles. The molecule has 0 spiro atoms. The van der Waals surface area contributed by atoms with E-state index < -0.39 is 5.97 Å². The van der Waals surface area contributed by atoms with Crippen molar-refractivity contribution in [2.45, 2.75) is 20.3 Å². The van der Waals surface area contributed by atoms with Gasteiger partial charge in [-0.25, -0.2) is 4.79 Å². The van der Waals surface area contributed by atoms with Crippen molar-refractivity contribution in [3.63, 3.8) is 0 Å². The minimum atomic E-state index is -0.434. The third-order valence-corrected chi connectivity index (χ3v) is 3.71. The fourth-order valence-electron chi connectivity index (χ4n) is 2.26. The van der Waals surface area contributed by atoms with E-state index in [1.165, 1.54) is 12.7 Å². The van der Waals surface area contributed by atoms with Crippen LogP contribution in [0.15, 0.2) is 42.5 Å². The van der Waals surface area contributed by atoms with Crippen molar-refractivity contribution in [1.29, 1.82) is 0 Å². The number of esters is 1. The summed E-state index contributed by atoms with van der Waals surface area (Å²) in [4.78, 5) is 23.7. The molecule has 5 heteroatoms. The van der Waals surface area contributed by atoms with Gasteiger partial charge >= 0.3 is 5.97 Å². The zero-order valence-electron chi connectivity index (χ0n) is 14.1. The van der Waals surface area contributed by atoms with Crippen LogP contribution in [0.1, 0.15) is 28.4 Å². The van der Waals surface area contributed by atoms with Crippen LogP contribution < -0.4 is 10.1 Å². The van der Waals surface area contributed by atoms with Crippen LogP contribution in [0.25, 0.3) is 0 Å². The molecule has 0 aliphatic heterocycles. The number of amides is 1. The van der Waals surface area contributed by atoms with Crippen LogP contribution in [0.3, 0.4) is 0 Å². The molecular weight excluding hydrogens is 306 g/mol. The van der Waals surface area contributed by atoms with E-state index in [4.69, 9.17) is 9.47 Å². The fraction of sp³-hybridized carbons (Fsp3) is 0.263. The molecule has 0 radical (unpaired) electrons. The van der Waals surface area contributed by atoms with E-state index in [-0.39, 0.29) is 12.5 Å². The first kappa shape index (κ1) is 17.5. The third kappa shape index (κ3) is 4.35. The molecule has 0 aromatic heterocycles. The maximum atomic E-state index is 12.1. The van der Waals surface area contributed by atoms with Crippen molar-refractivity contribution in [2.24, 2.45) is 0 Å². The van der Waals surface area contributed by atoms with Gasteiger partial charge in [0.05, 0.1) is 12.7 Å². The number of hydrogen-bond donors (Lipinski definition) is 1. The summed E-state index contributed by atoms with van der Waals surface area (Å²) in [6.07, 6.45) is 0.955. The Hall–Kier alpha value is -2.82. The quantitative estimate of drug-likeness (QED) is 0.826. The molecule has 126 valence electrons. The van der Waals surface area contributed by atoms with Crippen LogP contribution in [0.2, 0.25) is 0 Å². The van der Waals surface area contributed by atoms with E-state index in [1.807, 2.05) is 24.3 Å². The SMILES string of the molecule is CCc1ccc(OCC(=O)Nc2cccc(C(=O)OC)c2C)cc1. The second-order valence-corrected chi connectivity index (χ2v) is 5.30. The number of aryl methyl sites for hydroxylation is 1. The van der Waals surface area contributed by atoms with Gasteiger partial charge in [-0.05, 0) is 48.7 Å². The zero-order valence-corrected chi connectivity index (χ0v) is 14.1.